The third-order valence-corrected chi connectivity index (χ3v) is 3.42. The minimum Gasteiger partial charge on any atom is -0.315 e. The molecule has 0 radical (unpaired) electrons. The highest BCUT2D eigenvalue weighted by atomic mass is 15.3. The van der Waals surface area contributed by atoms with E-state index >= 15 is 0 Å². The van der Waals surface area contributed by atoms with Gasteiger partial charge >= 0.3 is 0 Å². The summed E-state index contributed by atoms with van der Waals surface area (Å²) in [6.07, 6.45) is 10.7. The fraction of sp³-hybridized carbons (Fsp3) is 0.750. The van der Waals surface area contributed by atoms with Crippen LogP contribution in [0.15, 0.2) is 12.4 Å². The van der Waals surface area contributed by atoms with Gasteiger partial charge in [-0.3, -0.25) is 4.68 Å². The first-order chi connectivity index (χ1) is 7.31. The lowest BCUT2D eigenvalue weighted by Gasteiger charge is -2.25. The van der Waals surface area contributed by atoms with E-state index in [4.69, 9.17) is 0 Å². The van der Waals surface area contributed by atoms with E-state index in [1.807, 2.05) is 6.20 Å². The van der Waals surface area contributed by atoms with Crippen LogP contribution in [-0.4, -0.2) is 22.9 Å². The Balaban J connectivity index is 2.16. The van der Waals surface area contributed by atoms with Crippen LogP contribution < -0.4 is 5.32 Å². The van der Waals surface area contributed by atoms with Gasteiger partial charge in [-0.05, 0) is 32.4 Å². The molecular weight excluding hydrogens is 186 g/mol. The predicted molar refractivity (Wildman–Crippen MR) is 61.9 cm³/mol. The maximum absolute atomic E-state index is 4.46. The van der Waals surface area contributed by atoms with Gasteiger partial charge < -0.3 is 5.32 Å². The van der Waals surface area contributed by atoms with Crippen LogP contribution in [0.2, 0.25) is 0 Å². The van der Waals surface area contributed by atoms with Crippen LogP contribution in [0.25, 0.3) is 0 Å². The van der Waals surface area contributed by atoms with Gasteiger partial charge in [-0.15, -0.1) is 0 Å². The zero-order chi connectivity index (χ0) is 10.7. The molecular formula is C12H21N3. The van der Waals surface area contributed by atoms with Crippen LogP contribution in [0.4, 0.5) is 0 Å². The molecule has 3 heteroatoms. The Bertz CT molecular complexity index is 306. The molecule has 2 unspecified atom stereocenters. The smallest absolute Gasteiger partial charge is 0.0672 e. The van der Waals surface area contributed by atoms with Crippen LogP contribution >= 0.6 is 0 Å². The Morgan fingerprint density at radius 1 is 1.33 bits per heavy atom. The maximum Gasteiger partial charge on any atom is 0.0672 e. The summed E-state index contributed by atoms with van der Waals surface area (Å²) in [7, 11) is 2.07. The van der Waals surface area contributed by atoms with E-state index in [2.05, 4.69) is 35.3 Å². The average Bonchev–Trinajstić information content (AvgIpc) is 2.54. The molecule has 0 aromatic carbocycles. The molecule has 0 aliphatic heterocycles. The zero-order valence-corrected chi connectivity index (χ0v) is 9.74. The molecule has 1 heterocycles. The number of rotatable bonds is 2. The normalized spacial score (nSPS) is 27.6. The van der Waals surface area contributed by atoms with Gasteiger partial charge in [0.05, 0.1) is 12.2 Å². The molecule has 1 N–H and O–H groups in total. The Hall–Kier alpha value is -0.830. The van der Waals surface area contributed by atoms with Crippen LogP contribution in [0, 0.1) is 6.92 Å². The molecule has 2 rings (SSSR count). The van der Waals surface area contributed by atoms with Crippen molar-refractivity contribution >= 4 is 0 Å². The fourth-order valence-corrected chi connectivity index (χ4v) is 2.56. The molecule has 0 spiro atoms. The van der Waals surface area contributed by atoms with Crippen molar-refractivity contribution in [2.75, 3.05) is 7.05 Å². The monoisotopic (exact) mass is 207 g/mol. The summed E-state index contributed by atoms with van der Waals surface area (Å²) in [5.74, 6) is 0. The minimum atomic E-state index is 0.547. The first kappa shape index (κ1) is 10.7. The van der Waals surface area contributed by atoms with E-state index in [1.54, 1.807) is 0 Å². The largest absolute Gasteiger partial charge is 0.315 e. The molecule has 2 atom stereocenters. The zero-order valence-electron chi connectivity index (χ0n) is 9.74. The van der Waals surface area contributed by atoms with Crippen LogP contribution in [-0.2, 0) is 0 Å². The first-order valence-corrected chi connectivity index (χ1v) is 5.99. The van der Waals surface area contributed by atoms with E-state index in [0.717, 1.165) is 0 Å². The summed E-state index contributed by atoms with van der Waals surface area (Å²) in [6.45, 7) is 2.11. The number of hydrogen-bond donors (Lipinski definition) is 1. The predicted octanol–water partition coefficient (Wildman–Crippen LogP) is 2.28. The highest BCUT2D eigenvalue weighted by molar-refractivity contribution is 5.01. The van der Waals surface area contributed by atoms with Crippen LogP contribution in [0.5, 0.6) is 0 Å². The fourth-order valence-electron chi connectivity index (χ4n) is 2.56. The molecule has 1 aromatic rings. The molecule has 1 aliphatic rings. The number of hydrogen-bond acceptors (Lipinski definition) is 2. The van der Waals surface area contributed by atoms with Crippen LogP contribution in [0.3, 0.4) is 0 Å². The van der Waals surface area contributed by atoms with Gasteiger partial charge in [0.25, 0.3) is 0 Å². The highest BCUT2D eigenvalue weighted by Crippen LogP contribution is 2.27. The van der Waals surface area contributed by atoms with E-state index < -0.39 is 0 Å². The third kappa shape index (κ3) is 2.40. The average molecular weight is 207 g/mol. The number of likely N-dealkylation sites (N-methyl/N-ethyl adjacent to an activating group) is 1. The second-order valence-electron chi connectivity index (χ2n) is 4.60. The first-order valence-electron chi connectivity index (χ1n) is 5.99. The van der Waals surface area contributed by atoms with Gasteiger partial charge in [0.2, 0.25) is 0 Å². The molecule has 0 saturated heterocycles. The molecule has 0 bridgehead atoms. The van der Waals surface area contributed by atoms with Crippen molar-refractivity contribution in [3.8, 4) is 0 Å². The van der Waals surface area contributed by atoms with Crippen molar-refractivity contribution in [1.29, 1.82) is 0 Å². The maximum atomic E-state index is 4.46. The lowest BCUT2D eigenvalue weighted by atomic mass is 10.0. The lowest BCUT2D eigenvalue weighted by Crippen LogP contribution is -2.34. The van der Waals surface area contributed by atoms with Gasteiger partial charge in [-0.1, -0.05) is 19.3 Å². The minimum absolute atomic E-state index is 0.547. The second-order valence-corrected chi connectivity index (χ2v) is 4.60. The van der Waals surface area contributed by atoms with E-state index in [9.17, 15) is 0 Å². The van der Waals surface area contributed by atoms with Gasteiger partial charge in [0.15, 0.2) is 0 Å². The van der Waals surface area contributed by atoms with Crippen molar-refractivity contribution < 1.29 is 0 Å². The van der Waals surface area contributed by atoms with E-state index in [-0.39, 0.29) is 0 Å². The second kappa shape index (κ2) is 4.79. The number of nitrogens with zero attached hydrogens (tertiary/aromatic N) is 2. The van der Waals surface area contributed by atoms with Gasteiger partial charge in [0, 0.05) is 12.2 Å². The quantitative estimate of drug-likeness (QED) is 0.754. The van der Waals surface area contributed by atoms with Crippen molar-refractivity contribution in [2.24, 2.45) is 0 Å². The molecule has 0 amide bonds. The van der Waals surface area contributed by atoms with Crippen molar-refractivity contribution in [3.63, 3.8) is 0 Å². The molecule has 1 aromatic heterocycles. The summed E-state index contributed by atoms with van der Waals surface area (Å²) in [6, 6.07) is 1.14. The van der Waals surface area contributed by atoms with Gasteiger partial charge in [0.1, 0.15) is 0 Å². The van der Waals surface area contributed by atoms with Gasteiger partial charge in [-0.2, -0.15) is 5.10 Å². The van der Waals surface area contributed by atoms with Crippen LogP contribution in [0.1, 0.15) is 43.7 Å². The Morgan fingerprint density at radius 3 is 2.80 bits per heavy atom. The number of aromatic nitrogens is 2. The third-order valence-electron chi connectivity index (χ3n) is 3.42. The van der Waals surface area contributed by atoms with E-state index in [0.29, 0.717) is 12.1 Å². The Morgan fingerprint density at radius 2 is 2.13 bits per heavy atom. The van der Waals surface area contributed by atoms with Gasteiger partial charge in [-0.25, -0.2) is 0 Å². The van der Waals surface area contributed by atoms with Crippen molar-refractivity contribution in [1.82, 2.24) is 15.1 Å². The topological polar surface area (TPSA) is 29.9 Å². The van der Waals surface area contributed by atoms with E-state index in [1.165, 1.54) is 37.7 Å². The molecule has 15 heavy (non-hydrogen) atoms. The summed E-state index contributed by atoms with van der Waals surface area (Å²) >= 11 is 0. The lowest BCUT2D eigenvalue weighted by molar-refractivity contribution is 0.323. The molecule has 1 aliphatic carbocycles. The molecule has 3 nitrogen and oxygen atoms in total. The molecule has 1 fully saturated rings. The number of nitrogens with one attached hydrogen (secondary N) is 1. The number of aryl methyl sites for hydroxylation is 1. The Labute approximate surface area is 91.9 Å². The molecule has 84 valence electrons. The molecule has 1 saturated carbocycles. The summed E-state index contributed by atoms with van der Waals surface area (Å²) in [5.41, 5.74) is 1.26. The Kier molecular flexibility index (Phi) is 3.41. The van der Waals surface area contributed by atoms with Crippen molar-refractivity contribution in [3.05, 3.63) is 18.0 Å². The van der Waals surface area contributed by atoms with Crippen molar-refractivity contribution in [2.45, 2.75) is 51.1 Å². The summed E-state index contributed by atoms with van der Waals surface area (Å²) in [4.78, 5) is 0. The SMILES string of the molecule is CNC1CCCCCC1n1cc(C)cn1. The summed E-state index contributed by atoms with van der Waals surface area (Å²) in [5, 5.41) is 7.90. The highest BCUT2D eigenvalue weighted by Gasteiger charge is 2.24. The standard InChI is InChI=1S/C12H21N3/c1-10-8-14-15(9-10)12-7-5-3-4-6-11(12)13-2/h8-9,11-13H,3-7H2,1-2H3. The summed E-state index contributed by atoms with van der Waals surface area (Å²) < 4.78 is 2.15.